The number of carbonyl (C=O) groups is 3. The van der Waals surface area contributed by atoms with Crippen molar-refractivity contribution < 1.29 is 24.2 Å². The second-order valence-corrected chi connectivity index (χ2v) is 7.72. The first-order valence-electron chi connectivity index (χ1n) is 10.2. The maximum atomic E-state index is 12.7. The van der Waals surface area contributed by atoms with Gasteiger partial charge in [-0.05, 0) is 30.2 Å². The largest absolute Gasteiger partial charge is 0.497 e. The van der Waals surface area contributed by atoms with Crippen molar-refractivity contribution in [3.8, 4) is 11.6 Å². The lowest BCUT2D eigenvalue weighted by Crippen LogP contribution is -2.41. The topological polar surface area (TPSA) is 113 Å². The third-order valence-electron chi connectivity index (χ3n) is 5.57. The zero-order valence-corrected chi connectivity index (χ0v) is 17.8. The molecule has 1 aliphatic heterocycles. The number of anilines is 1. The highest BCUT2D eigenvalue weighted by Gasteiger charge is 2.30. The van der Waals surface area contributed by atoms with E-state index in [-0.39, 0.29) is 30.8 Å². The van der Waals surface area contributed by atoms with Gasteiger partial charge >= 0.3 is 6.03 Å². The average Bonchev–Trinajstić information content (AvgIpc) is 3.11. The molecular formula is C23H24N4O5. The maximum absolute atomic E-state index is 12.7. The van der Waals surface area contributed by atoms with Crippen molar-refractivity contribution in [1.82, 2.24) is 14.8 Å². The normalized spacial score (nSPS) is 16.0. The standard InChI is InChI=1S/C23H24N4O5/c1-26(23(31)24-15-6-4-7-16(11-15)32-2)12-14-5-3-8-17-18(14)13-27(22(17)30)19-9-10-20(28)25-21(19)29/h3-8,11,13,19,30H,9-10,12H2,1-2H3,(H,24,31)(H,25,28,29). The van der Waals surface area contributed by atoms with Gasteiger partial charge in [0.2, 0.25) is 11.8 Å². The molecule has 1 fully saturated rings. The predicted molar refractivity (Wildman–Crippen MR) is 119 cm³/mol. The summed E-state index contributed by atoms with van der Waals surface area (Å²) in [6.07, 6.45) is 2.23. The summed E-state index contributed by atoms with van der Waals surface area (Å²) in [5.74, 6) is -0.152. The summed E-state index contributed by atoms with van der Waals surface area (Å²) >= 11 is 0. The highest BCUT2D eigenvalue weighted by Crippen LogP contribution is 2.34. The van der Waals surface area contributed by atoms with Crippen molar-refractivity contribution >= 4 is 34.3 Å². The number of ether oxygens (including phenoxy) is 1. The summed E-state index contributed by atoms with van der Waals surface area (Å²) < 4.78 is 6.67. The molecule has 1 unspecified atom stereocenters. The molecule has 3 aromatic rings. The Morgan fingerprint density at radius 1 is 1.25 bits per heavy atom. The van der Waals surface area contributed by atoms with Gasteiger partial charge in [0, 0.05) is 48.7 Å². The Morgan fingerprint density at radius 3 is 2.78 bits per heavy atom. The van der Waals surface area contributed by atoms with Gasteiger partial charge in [-0.1, -0.05) is 18.2 Å². The van der Waals surface area contributed by atoms with Crippen molar-refractivity contribution in [2.45, 2.75) is 25.4 Å². The van der Waals surface area contributed by atoms with Crippen LogP contribution < -0.4 is 15.4 Å². The van der Waals surface area contributed by atoms with Gasteiger partial charge in [-0.25, -0.2) is 4.79 Å². The quantitative estimate of drug-likeness (QED) is 0.532. The number of urea groups is 1. The number of rotatable bonds is 5. The number of imide groups is 1. The Labute approximate surface area is 184 Å². The molecule has 1 atom stereocenters. The van der Waals surface area contributed by atoms with Crippen LogP contribution in [0.4, 0.5) is 10.5 Å². The summed E-state index contributed by atoms with van der Waals surface area (Å²) in [6, 6.07) is 11.5. The summed E-state index contributed by atoms with van der Waals surface area (Å²) in [4.78, 5) is 37.9. The lowest BCUT2D eigenvalue weighted by molar-refractivity contribution is -0.135. The fourth-order valence-corrected chi connectivity index (χ4v) is 3.87. The number of piperidine rings is 1. The average molecular weight is 436 g/mol. The Morgan fingerprint density at radius 2 is 2.03 bits per heavy atom. The molecule has 2 aromatic carbocycles. The van der Waals surface area contributed by atoms with Crippen LogP contribution in [-0.2, 0) is 16.1 Å². The van der Waals surface area contributed by atoms with E-state index in [0.717, 1.165) is 10.9 Å². The zero-order chi connectivity index (χ0) is 22.8. The molecule has 0 bridgehead atoms. The summed E-state index contributed by atoms with van der Waals surface area (Å²) in [5.41, 5.74) is 1.42. The van der Waals surface area contributed by atoms with Crippen molar-refractivity contribution in [2.75, 3.05) is 19.5 Å². The van der Waals surface area contributed by atoms with Crippen LogP contribution in [0.3, 0.4) is 0 Å². The van der Waals surface area contributed by atoms with Crippen molar-refractivity contribution in [1.29, 1.82) is 0 Å². The van der Waals surface area contributed by atoms with Crippen LogP contribution in [0.5, 0.6) is 11.6 Å². The van der Waals surface area contributed by atoms with Crippen molar-refractivity contribution in [3.05, 3.63) is 54.2 Å². The number of nitrogens with one attached hydrogen (secondary N) is 2. The van der Waals surface area contributed by atoms with Gasteiger partial charge in [0.25, 0.3) is 0 Å². The van der Waals surface area contributed by atoms with Gasteiger partial charge in [-0.3, -0.25) is 14.9 Å². The molecule has 2 heterocycles. The number of aromatic nitrogens is 1. The molecule has 9 nitrogen and oxygen atoms in total. The maximum Gasteiger partial charge on any atom is 0.321 e. The molecule has 9 heteroatoms. The molecule has 0 radical (unpaired) electrons. The molecule has 1 aromatic heterocycles. The Kier molecular flexibility index (Phi) is 5.72. The number of nitrogens with zero attached hydrogens (tertiary/aromatic N) is 2. The minimum atomic E-state index is -0.665. The van der Waals surface area contributed by atoms with E-state index in [1.807, 2.05) is 6.07 Å². The van der Waals surface area contributed by atoms with E-state index in [1.165, 1.54) is 9.47 Å². The summed E-state index contributed by atoms with van der Waals surface area (Å²) in [6.45, 7) is 0.284. The number of carbonyl (C=O) groups excluding carboxylic acids is 3. The van der Waals surface area contributed by atoms with E-state index >= 15 is 0 Å². The third-order valence-corrected chi connectivity index (χ3v) is 5.57. The van der Waals surface area contributed by atoms with E-state index in [2.05, 4.69) is 10.6 Å². The summed E-state index contributed by atoms with van der Waals surface area (Å²) in [5, 5.41) is 17.2. The molecule has 4 amide bonds. The van der Waals surface area contributed by atoms with Gasteiger partial charge < -0.3 is 24.6 Å². The summed E-state index contributed by atoms with van der Waals surface area (Å²) in [7, 11) is 3.23. The molecule has 1 saturated heterocycles. The molecule has 3 N–H and O–H groups in total. The second-order valence-electron chi connectivity index (χ2n) is 7.72. The number of hydrogen-bond donors (Lipinski definition) is 3. The minimum Gasteiger partial charge on any atom is -0.497 e. The number of methoxy groups -OCH3 is 1. The van der Waals surface area contributed by atoms with Crippen LogP contribution >= 0.6 is 0 Å². The van der Waals surface area contributed by atoms with Gasteiger partial charge in [0.05, 0.1) is 7.11 Å². The molecule has 0 aliphatic carbocycles. The monoisotopic (exact) mass is 436 g/mol. The van der Waals surface area contributed by atoms with Crippen LogP contribution in [0, 0.1) is 0 Å². The fourth-order valence-electron chi connectivity index (χ4n) is 3.87. The Bertz CT molecular complexity index is 1200. The molecular weight excluding hydrogens is 412 g/mol. The number of hydrogen-bond acceptors (Lipinski definition) is 5. The zero-order valence-electron chi connectivity index (χ0n) is 17.8. The molecule has 166 valence electrons. The SMILES string of the molecule is COc1cccc(NC(=O)N(C)Cc2cccc3c(O)n(C4CCC(=O)NC4=O)cc23)c1. The van der Waals surface area contributed by atoms with Crippen LogP contribution in [0.15, 0.2) is 48.7 Å². The van der Waals surface area contributed by atoms with Gasteiger partial charge in [0.1, 0.15) is 11.8 Å². The highest BCUT2D eigenvalue weighted by molar-refractivity contribution is 6.00. The van der Waals surface area contributed by atoms with Crippen molar-refractivity contribution in [2.24, 2.45) is 0 Å². The lowest BCUT2D eigenvalue weighted by atomic mass is 10.1. The minimum absolute atomic E-state index is 0.0418. The first kappa shape index (κ1) is 21.2. The molecule has 4 rings (SSSR count). The first-order chi connectivity index (χ1) is 15.4. The van der Waals surface area contributed by atoms with Gasteiger partial charge in [-0.2, -0.15) is 0 Å². The van der Waals surface area contributed by atoms with Crippen LogP contribution in [0.2, 0.25) is 0 Å². The number of aromatic hydroxyl groups is 1. The number of amides is 4. The van der Waals surface area contributed by atoms with E-state index in [0.29, 0.717) is 23.2 Å². The molecule has 1 aliphatic rings. The fraction of sp³-hybridized carbons (Fsp3) is 0.261. The molecule has 32 heavy (non-hydrogen) atoms. The smallest absolute Gasteiger partial charge is 0.321 e. The highest BCUT2D eigenvalue weighted by atomic mass is 16.5. The van der Waals surface area contributed by atoms with E-state index in [9.17, 15) is 19.5 Å². The third kappa shape index (κ3) is 4.09. The Hall–Kier alpha value is -4.01. The van der Waals surface area contributed by atoms with E-state index < -0.39 is 11.9 Å². The first-order valence-corrected chi connectivity index (χ1v) is 10.2. The predicted octanol–water partition coefficient (Wildman–Crippen LogP) is 3.00. The number of benzene rings is 2. The van der Waals surface area contributed by atoms with E-state index in [1.54, 1.807) is 56.8 Å². The lowest BCUT2D eigenvalue weighted by Gasteiger charge is -2.22. The van der Waals surface area contributed by atoms with Gasteiger partial charge in [-0.15, -0.1) is 0 Å². The number of fused-ring (bicyclic) bond motifs is 1. The van der Waals surface area contributed by atoms with Crippen LogP contribution in [0.25, 0.3) is 10.8 Å². The van der Waals surface area contributed by atoms with E-state index in [4.69, 9.17) is 4.74 Å². The second kappa shape index (κ2) is 8.62. The Balaban J connectivity index is 1.56. The van der Waals surface area contributed by atoms with Crippen LogP contribution in [-0.4, -0.2) is 46.6 Å². The van der Waals surface area contributed by atoms with Crippen LogP contribution in [0.1, 0.15) is 24.4 Å². The molecule has 0 saturated carbocycles. The molecule has 0 spiro atoms. The van der Waals surface area contributed by atoms with Crippen molar-refractivity contribution in [3.63, 3.8) is 0 Å². The van der Waals surface area contributed by atoms with Gasteiger partial charge in [0.15, 0.2) is 5.88 Å².